The largest absolute Gasteiger partial charge is 0.450 e. The molecule has 0 aliphatic rings. The van der Waals surface area contributed by atoms with Crippen LogP contribution in [0.25, 0.3) is 0 Å². The van der Waals surface area contributed by atoms with Crippen LogP contribution >= 0.6 is 11.6 Å². The van der Waals surface area contributed by atoms with Gasteiger partial charge in [0.15, 0.2) is 6.10 Å². The normalized spacial score (nSPS) is 12.8. The first kappa shape index (κ1) is 20.4. The molecule has 1 aromatic carbocycles. The number of primary amides is 1. The molecular weight excluding hydrogens is 350 g/mol. The molecule has 1 aromatic rings. The van der Waals surface area contributed by atoms with E-state index in [1.807, 2.05) is 5.32 Å². The first-order chi connectivity index (χ1) is 11.6. The maximum Gasteiger partial charge on any atom is 0.329 e. The molecule has 0 saturated carbocycles. The highest BCUT2D eigenvalue weighted by atomic mass is 35.5. The molecule has 0 aromatic heterocycles. The zero-order valence-electron chi connectivity index (χ0n) is 14.0. The standard InChI is InChI=1S/C16H20ClN3O5/c1-8(2)12(14(22)20-16(18)24)25-15(23)9(3)19-13(21)10-6-4-5-7-11(10)17/h4-9,12H,1-3H3,(H,19,21)(H3,18,20,22,24)/t9-,12+/m0/s1. The summed E-state index contributed by atoms with van der Waals surface area (Å²) in [5, 5.41) is 4.54. The SMILES string of the molecule is CC(C)[C@@H](OC(=O)[C@H](C)NC(=O)c1ccccc1Cl)C(=O)NC(N)=O. The van der Waals surface area contributed by atoms with Gasteiger partial charge >= 0.3 is 12.0 Å². The second-order valence-corrected chi connectivity index (χ2v) is 6.04. The third kappa shape index (κ3) is 6.07. The van der Waals surface area contributed by atoms with Gasteiger partial charge in [0.05, 0.1) is 10.6 Å². The van der Waals surface area contributed by atoms with E-state index in [2.05, 4.69) is 5.32 Å². The summed E-state index contributed by atoms with van der Waals surface area (Å²) in [6, 6.07) is 4.27. The van der Waals surface area contributed by atoms with E-state index in [1.54, 1.807) is 32.0 Å². The van der Waals surface area contributed by atoms with Gasteiger partial charge in [0.2, 0.25) is 0 Å². The quantitative estimate of drug-likeness (QED) is 0.649. The van der Waals surface area contributed by atoms with Gasteiger partial charge in [0.25, 0.3) is 11.8 Å². The third-order valence-corrected chi connectivity index (χ3v) is 3.50. The molecule has 0 aliphatic heterocycles. The van der Waals surface area contributed by atoms with Crippen LogP contribution in [0.2, 0.25) is 5.02 Å². The minimum atomic E-state index is -1.22. The summed E-state index contributed by atoms with van der Waals surface area (Å²) in [7, 11) is 0. The average Bonchev–Trinajstić information content (AvgIpc) is 2.51. The number of carbonyl (C=O) groups excluding carboxylic acids is 4. The Hall–Kier alpha value is -2.61. The Morgan fingerprint density at radius 1 is 1.12 bits per heavy atom. The predicted octanol–water partition coefficient (Wildman–Crippen LogP) is 1.22. The Balaban J connectivity index is 2.74. The van der Waals surface area contributed by atoms with Gasteiger partial charge in [-0.15, -0.1) is 0 Å². The van der Waals surface area contributed by atoms with Gasteiger partial charge in [0.1, 0.15) is 6.04 Å². The van der Waals surface area contributed by atoms with Crippen LogP contribution in [0, 0.1) is 5.92 Å². The van der Waals surface area contributed by atoms with Crippen molar-refractivity contribution >= 4 is 35.4 Å². The Labute approximate surface area is 150 Å². The van der Waals surface area contributed by atoms with E-state index in [-0.39, 0.29) is 10.6 Å². The molecule has 0 fully saturated rings. The van der Waals surface area contributed by atoms with Gasteiger partial charge in [-0.1, -0.05) is 37.6 Å². The molecule has 0 saturated heterocycles. The number of carbonyl (C=O) groups is 4. The van der Waals surface area contributed by atoms with Crippen LogP contribution < -0.4 is 16.4 Å². The topological polar surface area (TPSA) is 128 Å². The van der Waals surface area contributed by atoms with Crippen LogP contribution in [0.3, 0.4) is 0 Å². The number of hydrogen-bond acceptors (Lipinski definition) is 5. The lowest BCUT2D eigenvalue weighted by Gasteiger charge is -2.22. The molecule has 4 N–H and O–H groups in total. The summed E-state index contributed by atoms with van der Waals surface area (Å²) in [4.78, 5) is 46.9. The molecule has 8 nitrogen and oxygen atoms in total. The molecule has 2 atom stereocenters. The smallest absolute Gasteiger partial charge is 0.329 e. The molecule has 4 amide bonds. The number of ether oxygens (including phenoxy) is 1. The third-order valence-electron chi connectivity index (χ3n) is 3.17. The zero-order chi connectivity index (χ0) is 19.1. The van der Waals surface area contributed by atoms with Crippen LogP contribution in [-0.4, -0.2) is 36.0 Å². The van der Waals surface area contributed by atoms with E-state index in [9.17, 15) is 19.2 Å². The van der Waals surface area contributed by atoms with Crippen LogP contribution in [-0.2, 0) is 14.3 Å². The Kier molecular flexibility index (Phi) is 7.38. The number of halogens is 1. The maximum absolute atomic E-state index is 12.1. The predicted molar refractivity (Wildman–Crippen MR) is 90.8 cm³/mol. The van der Waals surface area contributed by atoms with Crippen LogP contribution in [0.5, 0.6) is 0 Å². The monoisotopic (exact) mass is 369 g/mol. The maximum atomic E-state index is 12.1. The highest BCUT2D eigenvalue weighted by Gasteiger charge is 2.30. The van der Waals surface area contributed by atoms with E-state index in [4.69, 9.17) is 22.1 Å². The average molecular weight is 370 g/mol. The van der Waals surface area contributed by atoms with E-state index in [1.165, 1.54) is 13.0 Å². The number of nitrogens with two attached hydrogens (primary N) is 1. The summed E-state index contributed by atoms with van der Waals surface area (Å²) in [5.41, 5.74) is 5.09. The summed E-state index contributed by atoms with van der Waals surface area (Å²) in [6.45, 7) is 4.66. The molecule has 1 rings (SSSR count). The van der Waals surface area contributed by atoms with Crippen molar-refractivity contribution in [1.29, 1.82) is 0 Å². The fourth-order valence-electron chi connectivity index (χ4n) is 1.89. The van der Waals surface area contributed by atoms with E-state index < -0.39 is 41.9 Å². The molecule has 9 heteroatoms. The highest BCUT2D eigenvalue weighted by molar-refractivity contribution is 6.33. The molecule has 0 unspecified atom stereocenters. The van der Waals surface area contributed by atoms with Gasteiger partial charge in [0, 0.05) is 0 Å². The lowest BCUT2D eigenvalue weighted by Crippen LogP contribution is -2.48. The van der Waals surface area contributed by atoms with Crippen molar-refractivity contribution in [3.05, 3.63) is 34.9 Å². The molecule has 136 valence electrons. The molecule has 0 bridgehead atoms. The Morgan fingerprint density at radius 3 is 2.24 bits per heavy atom. The summed E-state index contributed by atoms with van der Waals surface area (Å²) in [6.07, 6.45) is -1.22. The Morgan fingerprint density at radius 2 is 1.72 bits per heavy atom. The molecule has 0 heterocycles. The summed E-state index contributed by atoms with van der Waals surface area (Å²) in [5.74, 6) is -2.63. The van der Waals surface area contributed by atoms with Crippen LogP contribution in [0.1, 0.15) is 31.1 Å². The van der Waals surface area contributed by atoms with E-state index >= 15 is 0 Å². The highest BCUT2D eigenvalue weighted by Crippen LogP contribution is 2.15. The number of urea groups is 1. The van der Waals surface area contributed by atoms with E-state index in [0.29, 0.717) is 0 Å². The lowest BCUT2D eigenvalue weighted by atomic mass is 10.1. The molecule has 0 aliphatic carbocycles. The van der Waals surface area contributed by atoms with Gasteiger partial charge in [-0.2, -0.15) is 0 Å². The number of nitrogens with one attached hydrogen (secondary N) is 2. The molecular formula is C16H20ClN3O5. The summed E-state index contributed by atoms with van der Waals surface area (Å²) >= 11 is 5.92. The van der Waals surface area contributed by atoms with Crippen molar-refractivity contribution in [2.24, 2.45) is 11.7 Å². The van der Waals surface area contributed by atoms with E-state index in [0.717, 1.165) is 0 Å². The first-order valence-electron chi connectivity index (χ1n) is 7.49. The van der Waals surface area contributed by atoms with Gasteiger partial charge in [-0.3, -0.25) is 14.9 Å². The fourth-order valence-corrected chi connectivity index (χ4v) is 2.11. The fraction of sp³-hybridized carbons (Fsp3) is 0.375. The summed E-state index contributed by atoms with van der Waals surface area (Å²) < 4.78 is 5.10. The number of hydrogen-bond donors (Lipinski definition) is 3. The van der Waals surface area contributed by atoms with Gasteiger partial charge in [-0.05, 0) is 25.0 Å². The number of benzene rings is 1. The molecule has 0 radical (unpaired) electrons. The lowest BCUT2D eigenvalue weighted by molar-refractivity contribution is -0.159. The number of rotatable bonds is 6. The zero-order valence-corrected chi connectivity index (χ0v) is 14.8. The minimum absolute atomic E-state index is 0.204. The molecule has 25 heavy (non-hydrogen) atoms. The van der Waals surface area contributed by atoms with Crippen LogP contribution in [0.15, 0.2) is 24.3 Å². The van der Waals surface area contributed by atoms with Crippen LogP contribution in [0.4, 0.5) is 4.79 Å². The van der Waals surface area contributed by atoms with Crippen molar-refractivity contribution in [3.63, 3.8) is 0 Å². The number of esters is 1. The minimum Gasteiger partial charge on any atom is -0.450 e. The second kappa shape index (κ2) is 9.03. The molecule has 0 spiro atoms. The van der Waals surface area contributed by atoms with Gasteiger partial charge < -0.3 is 15.8 Å². The van der Waals surface area contributed by atoms with Crippen molar-refractivity contribution in [2.45, 2.75) is 32.9 Å². The van der Waals surface area contributed by atoms with Crippen molar-refractivity contribution in [1.82, 2.24) is 10.6 Å². The van der Waals surface area contributed by atoms with Gasteiger partial charge in [-0.25, -0.2) is 9.59 Å². The Bertz CT molecular complexity index is 677. The first-order valence-corrected chi connectivity index (χ1v) is 7.87. The van der Waals surface area contributed by atoms with Crippen molar-refractivity contribution < 1.29 is 23.9 Å². The van der Waals surface area contributed by atoms with Crippen molar-refractivity contribution in [2.75, 3.05) is 0 Å². The second-order valence-electron chi connectivity index (χ2n) is 5.63. The number of amides is 4. The van der Waals surface area contributed by atoms with Crippen molar-refractivity contribution in [3.8, 4) is 0 Å². The number of imide groups is 1.